The molecule has 5 nitrogen and oxygen atoms in total. The van der Waals surface area contributed by atoms with Crippen LogP contribution in [-0.4, -0.2) is 15.5 Å². The van der Waals surface area contributed by atoms with Crippen LogP contribution < -0.4 is 10.6 Å². The number of carbonyl (C=O) groups is 1. The van der Waals surface area contributed by atoms with Crippen molar-refractivity contribution in [3.8, 4) is 0 Å². The van der Waals surface area contributed by atoms with Crippen LogP contribution in [0, 0.1) is 0 Å². The molecule has 0 aliphatic heterocycles. The van der Waals surface area contributed by atoms with Crippen molar-refractivity contribution in [2.24, 2.45) is 0 Å². The molecular weight excluding hydrogens is 264 g/mol. The number of benzene rings is 1. The van der Waals surface area contributed by atoms with Gasteiger partial charge in [-0.2, -0.15) is 0 Å². The highest BCUT2D eigenvalue weighted by atomic mass is 16.1. The zero-order valence-corrected chi connectivity index (χ0v) is 12.2. The van der Waals surface area contributed by atoms with E-state index in [9.17, 15) is 4.79 Å². The van der Waals surface area contributed by atoms with E-state index in [1.165, 1.54) is 18.5 Å². The molecule has 0 bridgehead atoms. The van der Waals surface area contributed by atoms with Gasteiger partial charge < -0.3 is 15.2 Å². The van der Waals surface area contributed by atoms with Gasteiger partial charge in [0, 0.05) is 30.0 Å². The minimum Gasteiger partial charge on any atom is -0.379 e. The van der Waals surface area contributed by atoms with E-state index in [0.29, 0.717) is 12.5 Å². The first kappa shape index (κ1) is 13.7. The molecule has 1 fully saturated rings. The van der Waals surface area contributed by atoms with E-state index < -0.39 is 0 Å². The Hall–Kier alpha value is -2.30. The Morgan fingerprint density at radius 3 is 2.95 bits per heavy atom. The molecule has 1 saturated carbocycles. The van der Waals surface area contributed by atoms with E-state index in [1.807, 2.05) is 43.7 Å². The summed E-state index contributed by atoms with van der Waals surface area (Å²) in [6.45, 7) is 2.58. The summed E-state index contributed by atoms with van der Waals surface area (Å²) in [7, 11) is 0. The largest absolute Gasteiger partial charge is 0.379 e. The van der Waals surface area contributed by atoms with Crippen LogP contribution in [0.1, 0.15) is 37.9 Å². The van der Waals surface area contributed by atoms with Gasteiger partial charge in [0.1, 0.15) is 0 Å². The number of aromatic nitrogens is 2. The van der Waals surface area contributed by atoms with Gasteiger partial charge in [-0.05, 0) is 31.0 Å². The third kappa shape index (κ3) is 3.42. The fourth-order valence-electron chi connectivity index (χ4n) is 2.30. The molecule has 1 aliphatic carbocycles. The quantitative estimate of drug-likeness (QED) is 0.856. The minimum atomic E-state index is 0.0268. The molecular formula is C16H20N4O. The molecule has 1 aromatic carbocycles. The molecule has 1 heterocycles. The van der Waals surface area contributed by atoms with Crippen LogP contribution in [0.3, 0.4) is 0 Å². The maximum atomic E-state index is 11.4. The monoisotopic (exact) mass is 284 g/mol. The number of nitrogens with one attached hydrogen (secondary N) is 2. The van der Waals surface area contributed by atoms with Crippen molar-refractivity contribution in [2.45, 2.75) is 38.8 Å². The van der Waals surface area contributed by atoms with E-state index in [-0.39, 0.29) is 5.91 Å². The average Bonchev–Trinajstić information content (AvgIpc) is 3.24. The molecule has 1 aliphatic rings. The van der Waals surface area contributed by atoms with Crippen LogP contribution in [0.15, 0.2) is 36.8 Å². The topological polar surface area (TPSA) is 59.0 Å². The van der Waals surface area contributed by atoms with Crippen molar-refractivity contribution in [2.75, 3.05) is 10.6 Å². The number of anilines is 2. The Kier molecular flexibility index (Phi) is 3.90. The van der Waals surface area contributed by atoms with Crippen LogP contribution >= 0.6 is 0 Å². The molecule has 0 unspecified atom stereocenters. The number of hydrogen-bond acceptors (Lipinski definition) is 3. The maximum Gasteiger partial charge on any atom is 0.224 e. The Morgan fingerprint density at radius 2 is 2.19 bits per heavy atom. The summed E-state index contributed by atoms with van der Waals surface area (Å²) in [5.41, 5.74) is 3.01. The third-order valence-electron chi connectivity index (χ3n) is 3.63. The van der Waals surface area contributed by atoms with E-state index in [2.05, 4.69) is 20.2 Å². The smallest absolute Gasteiger partial charge is 0.224 e. The molecule has 0 atom stereocenters. The van der Waals surface area contributed by atoms with Gasteiger partial charge in [0.2, 0.25) is 5.91 Å². The predicted octanol–water partition coefficient (Wildman–Crippen LogP) is 3.18. The first-order valence-electron chi connectivity index (χ1n) is 7.40. The van der Waals surface area contributed by atoms with Crippen molar-refractivity contribution in [3.05, 3.63) is 42.5 Å². The van der Waals surface area contributed by atoms with Gasteiger partial charge in [0.15, 0.2) is 0 Å². The van der Waals surface area contributed by atoms with E-state index in [0.717, 1.165) is 17.9 Å². The molecule has 2 N–H and O–H groups in total. The standard InChI is InChI=1S/C16H20N4O/c1-2-16(21)19-13-5-3-4-12(8-13)18-10-15-9-17-11-20(15)14-6-7-14/h3-5,8-9,11,14,18H,2,6-7,10H2,1H3,(H,19,21). The summed E-state index contributed by atoms with van der Waals surface area (Å²) >= 11 is 0. The second-order valence-corrected chi connectivity index (χ2v) is 5.36. The lowest BCUT2D eigenvalue weighted by molar-refractivity contribution is -0.115. The molecule has 110 valence electrons. The molecule has 21 heavy (non-hydrogen) atoms. The van der Waals surface area contributed by atoms with Crippen LogP contribution in [0.5, 0.6) is 0 Å². The van der Waals surface area contributed by atoms with Gasteiger partial charge in [0.05, 0.1) is 18.6 Å². The fourth-order valence-corrected chi connectivity index (χ4v) is 2.30. The van der Waals surface area contributed by atoms with Gasteiger partial charge in [-0.15, -0.1) is 0 Å². The molecule has 0 radical (unpaired) electrons. The van der Waals surface area contributed by atoms with Crippen LogP contribution in [0.25, 0.3) is 0 Å². The Morgan fingerprint density at radius 1 is 1.38 bits per heavy atom. The zero-order chi connectivity index (χ0) is 14.7. The fraction of sp³-hybridized carbons (Fsp3) is 0.375. The summed E-state index contributed by atoms with van der Waals surface area (Å²) in [6.07, 6.45) is 6.81. The number of carbonyl (C=O) groups excluding carboxylic acids is 1. The second-order valence-electron chi connectivity index (χ2n) is 5.36. The molecule has 2 aromatic rings. The zero-order valence-electron chi connectivity index (χ0n) is 12.2. The van der Waals surface area contributed by atoms with Crippen molar-refractivity contribution in [3.63, 3.8) is 0 Å². The normalized spacial score (nSPS) is 14.0. The van der Waals surface area contributed by atoms with E-state index in [4.69, 9.17) is 0 Å². The van der Waals surface area contributed by atoms with Crippen LogP contribution in [-0.2, 0) is 11.3 Å². The Labute approximate surface area is 124 Å². The van der Waals surface area contributed by atoms with E-state index >= 15 is 0 Å². The number of amides is 1. The molecule has 5 heteroatoms. The van der Waals surface area contributed by atoms with Gasteiger partial charge in [-0.3, -0.25) is 4.79 Å². The first-order chi connectivity index (χ1) is 10.3. The van der Waals surface area contributed by atoms with E-state index in [1.54, 1.807) is 0 Å². The van der Waals surface area contributed by atoms with Crippen LogP contribution in [0.4, 0.5) is 11.4 Å². The number of rotatable bonds is 6. The average molecular weight is 284 g/mol. The molecule has 1 aromatic heterocycles. The number of imidazole rings is 1. The summed E-state index contributed by atoms with van der Waals surface area (Å²) in [6, 6.07) is 8.42. The summed E-state index contributed by atoms with van der Waals surface area (Å²) in [4.78, 5) is 15.7. The highest BCUT2D eigenvalue weighted by molar-refractivity contribution is 5.90. The van der Waals surface area contributed by atoms with Crippen molar-refractivity contribution in [1.82, 2.24) is 9.55 Å². The SMILES string of the molecule is CCC(=O)Nc1cccc(NCc2cncn2C2CC2)c1. The predicted molar refractivity (Wildman–Crippen MR) is 83.2 cm³/mol. The summed E-state index contributed by atoms with van der Waals surface area (Å²) in [5, 5.41) is 6.26. The highest BCUT2D eigenvalue weighted by Gasteiger charge is 2.24. The Balaban J connectivity index is 1.63. The molecule has 3 rings (SSSR count). The number of hydrogen-bond donors (Lipinski definition) is 2. The van der Waals surface area contributed by atoms with Crippen molar-refractivity contribution >= 4 is 17.3 Å². The highest BCUT2D eigenvalue weighted by Crippen LogP contribution is 2.35. The van der Waals surface area contributed by atoms with Gasteiger partial charge in [0.25, 0.3) is 0 Å². The third-order valence-corrected chi connectivity index (χ3v) is 3.63. The lowest BCUT2D eigenvalue weighted by Crippen LogP contribution is -2.10. The van der Waals surface area contributed by atoms with Gasteiger partial charge >= 0.3 is 0 Å². The summed E-state index contributed by atoms with van der Waals surface area (Å²) < 4.78 is 2.25. The Bertz CT molecular complexity index is 631. The van der Waals surface area contributed by atoms with Gasteiger partial charge in [-0.1, -0.05) is 13.0 Å². The second kappa shape index (κ2) is 5.99. The molecule has 0 saturated heterocycles. The van der Waals surface area contributed by atoms with Crippen molar-refractivity contribution < 1.29 is 4.79 Å². The minimum absolute atomic E-state index is 0.0268. The molecule has 1 amide bonds. The lowest BCUT2D eigenvalue weighted by Gasteiger charge is -2.11. The maximum absolute atomic E-state index is 11.4. The van der Waals surface area contributed by atoms with Gasteiger partial charge in [-0.25, -0.2) is 4.98 Å². The van der Waals surface area contributed by atoms with Crippen molar-refractivity contribution in [1.29, 1.82) is 0 Å². The summed E-state index contributed by atoms with van der Waals surface area (Å²) in [5.74, 6) is 0.0268. The van der Waals surface area contributed by atoms with Crippen LogP contribution in [0.2, 0.25) is 0 Å². The lowest BCUT2D eigenvalue weighted by atomic mass is 10.2. The first-order valence-corrected chi connectivity index (χ1v) is 7.40. The number of nitrogens with zero attached hydrogens (tertiary/aromatic N) is 2. The molecule has 0 spiro atoms.